The lowest BCUT2D eigenvalue weighted by Gasteiger charge is -2.33. The van der Waals surface area contributed by atoms with Crippen molar-refractivity contribution in [1.82, 2.24) is 10.6 Å². The lowest BCUT2D eigenvalue weighted by Crippen LogP contribution is -2.51. The van der Waals surface area contributed by atoms with Crippen LogP contribution in [0, 0.1) is 12.8 Å². The van der Waals surface area contributed by atoms with Crippen molar-refractivity contribution < 1.29 is 4.74 Å². The van der Waals surface area contributed by atoms with Crippen molar-refractivity contribution in [3.8, 4) is 0 Å². The highest BCUT2D eigenvalue weighted by Crippen LogP contribution is 2.29. The molecule has 0 bridgehead atoms. The van der Waals surface area contributed by atoms with Gasteiger partial charge in [-0.2, -0.15) is 0 Å². The van der Waals surface area contributed by atoms with Gasteiger partial charge in [-0.3, -0.25) is 0 Å². The Morgan fingerprint density at radius 2 is 2.14 bits per heavy atom. The maximum atomic E-state index is 5.64. The number of nitrogens with one attached hydrogen (secondary N) is 2. The summed E-state index contributed by atoms with van der Waals surface area (Å²) < 4.78 is 5.64. The average molecular weight is 325 g/mol. The van der Waals surface area contributed by atoms with Crippen LogP contribution in [0.2, 0.25) is 0 Å². The first-order valence-corrected chi connectivity index (χ1v) is 8.43. The van der Waals surface area contributed by atoms with E-state index in [2.05, 4.69) is 41.8 Å². The van der Waals surface area contributed by atoms with E-state index in [1.807, 2.05) is 0 Å². The standard InChI is InChI=1S/C18H28N2O.ClH/c1-14-5-2-3-6-15(14)9-10-19-17-8-4-7-16(17)18-13-21-12-11-20-18;/h2-3,5-6,16-20H,4,7-13H2,1H3;1H. The van der Waals surface area contributed by atoms with Crippen LogP contribution in [-0.2, 0) is 11.2 Å². The van der Waals surface area contributed by atoms with E-state index in [4.69, 9.17) is 4.74 Å². The Labute approximate surface area is 140 Å². The summed E-state index contributed by atoms with van der Waals surface area (Å²) in [6, 6.07) is 9.93. The van der Waals surface area contributed by atoms with Gasteiger partial charge in [0, 0.05) is 18.6 Å². The highest BCUT2D eigenvalue weighted by molar-refractivity contribution is 5.85. The van der Waals surface area contributed by atoms with Gasteiger partial charge in [-0.1, -0.05) is 30.7 Å². The monoisotopic (exact) mass is 324 g/mol. The van der Waals surface area contributed by atoms with Crippen molar-refractivity contribution >= 4 is 12.4 Å². The summed E-state index contributed by atoms with van der Waals surface area (Å²) in [5.41, 5.74) is 2.88. The second-order valence-corrected chi connectivity index (χ2v) is 6.47. The number of ether oxygens (including phenoxy) is 1. The molecule has 3 unspecified atom stereocenters. The molecule has 0 aromatic heterocycles. The zero-order valence-electron chi connectivity index (χ0n) is 13.5. The van der Waals surface area contributed by atoms with E-state index in [-0.39, 0.29) is 12.4 Å². The molecular weight excluding hydrogens is 296 g/mol. The highest BCUT2D eigenvalue weighted by atomic mass is 35.5. The molecule has 1 aromatic rings. The number of rotatable bonds is 5. The molecule has 1 saturated heterocycles. The molecule has 3 atom stereocenters. The summed E-state index contributed by atoms with van der Waals surface area (Å²) in [4.78, 5) is 0. The van der Waals surface area contributed by atoms with Crippen LogP contribution in [0.3, 0.4) is 0 Å². The Hall–Kier alpha value is -0.610. The van der Waals surface area contributed by atoms with Crippen molar-refractivity contribution in [2.45, 2.75) is 44.7 Å². The van der Waals surface area contributed by atoms with E-state index in [0.717, 1.165) is 38.6 Å². The van der Waals surface area contributed by atoms with Crippen LogP contribution in [0.25, 0.3) is 0 Å². The Morgan fingerprint density at radius 3 is 2.91 bits per heavy atom. The molecule has 0 radical (unpaired) electrons. The van der Waals surface area contributed by atoms with Crippen molar-refractivity contribution in [2.24, 2.45) is 5.92 Å². The minimum absolute atomic E-state index is 0. The molecular formula is C18H29ClN2O. The normalized spacial score (nSPS) is 28.3. The van der Waals surface area contributed by atoms with Gasteiger partial charge in [0.05, 0.1) is 13.2 Å². The Kier molecular flexibility index (Phi) is 7.16. The molecule has 1 saturated carbocycles. The maximum Gasteiger partial charge on any atom is 0.0623 e. The summed E-state index contributed by atoms with van der Waals surface area (Å²) in [7, 11) is 0. The van der Waals surface area contributed by atoms with Crippen molar-refractivity contribution in [3.63, 3.8) is 0 Å². The number of hydrogen-bond donors (Lipinski definition) is 2. The summed E-state index contributed by atoms with van der Waals surface area (Å²) in [6.45, 7) is 6.06. The van der Waals surface area contributed by atoms with Crippen LogP contribution in [0.1, 0.15) is 30.4 Å². The number of hydrogen-bond acceptors (Lipinski definition) is 3. The highest BCUT2D eigenvalue weighted by Gasteiger charge is 2.34. The minimum atomic E-state index is 0. The Bertz CT molecular complexity index is 448. The first-order valence-electron chi connectivity index (χ1n) is 8.43. The first kappa shape index (κ1) is 17.7. The minimum Gasteiger partial charge on any atom is -0.379 e. The summed E-state index contributed by atoms with van der Waals surface area (Å²) in [5.74, 6) is 0.738. The third-order valence-electron chi connectivity index (χ3n) is 5.10. The quantitative estimate of drug-likeness (QED) is 0.873. The largest absolute Gasteiger partial charge is 0.379 e. The van der Waals surface area contributed by atoms with Gasteiger partial charge < -0.3 is 15.4 Å². The molecule has 2 N–H and O–H groups in total. The Balaban J connectivity index is 0.00000176. The number of morpholine rings is 1. The van der Waals surface area contributed by atoms with Crippen molar-refractivity contribution in [3.05, 3.63) is 35.4 Å². The lowest BCUT2D eigenvalue weighted by atomic mass is 9.94. The molecule has 1 aliphatic heterocycles. The SMILES string of the molecule is Cc1ccccc1CCNC1CCCC1C1COCCN1.Cl. The van der Waals surface area contributed by atoms with Crippen LogP contribution >= 0.6 is 12.4 Å². The zero-order chi connectivity index (χ0) is 14.5. The molecule has 0 spiro atoms. The van der Waals surface area contributed by atoms with Crippen molar-refractivity contribution in [2.75, 3.05) is 26.3 Å². The summed E-state index contributed by atoms with van der Waals surface area (Å²) in [5, 5.41) is 7.45. The van der Waals surface area contributed by atoms with E-state index in [9.17, 15) is 0 Å². The fourth-order valence-electron chi connectivity index (χ4n) is 3.87. The first-order chi connectivity index (χ1) is 10.3. The number of aryl methyl sites for hydroxylation is 1. The fourth-order valence-corrected chi connectivity index (χ4v) is 3.87. The molecule has 22 heavy (non-hydrogen) atoms. The maximum absolute atomic E-state index is 5.64. The van der Waals surface area contributed by atoms with Gasteiger partial charge in [0.25, 0.3) is 0 Å². The number of benzene rings is 1. The third kappa shape index (κ3) is 4.45. The van der Waals surface area contributed by atoms with Gasteiger partial charge in [-0.15, -0.1) is 12.4 Å². The fraction of sp³-hybridized carbons (Fsp3) is 0.667. The molecule has 2 fully saturated rings. The topological polar surface area (TPSA) is 33.3 Å². The molecule has 0 amide bonds. The van der Waals surface area contributed by atoms with Gasteiger partial charge in [-0.25, -0.2) is 0 Å². The van der Waals surface area contributed by atoms with E-state index < -0.39 is 0 Å². The predicted octanol–water partition coefficient (Wildman–Crippen LogP) is 2.71. The van der Waals surface area contributed by atoms with E-state index >= 15 is 0 Å². The molecule has 3 rings (SSSR count). The van der Waals surface area contributed by atoms with Gasteiger partial charge >= 0.3 is 0 Å². The van der Waals surface area contributed by atoms with E-state index in [1.54, 1.807) is 0 Å². The molecule has 124 valence electrons. The third-order valence-corrected chi connectivity index (χ3v) is 5.10. The van der Waals surface area contributed by atoms with Crippen molar-refractivity contribution in [1.29, 1.82) is 0 Å². The van der Waals surface area contributed by atoms with Crippen LogP contribution in [0.5, 0.6) is 0 Å². The molecule has 2 aliphatic rings. The summed E-state index contributed by atoms with van der Waals surface area (Å²) >= 11 is 0. The van der Waals surface area contributed by atoms with Crippen LogP contribution in [0.4, 0.5) is 0 Å². The van der Waals surface area contributed by atoms with Crippen LogP contribution in [-0.4, -0.2) is 38.4 Å². The lowest BCUT2D eigenvalue weighted by molar-refractivity contribution is 0.0526. The van der Waals surface area contributed by atoms with Crippen LogP contribution < -0.4 is 10.6 Å². The van der Waals surface area contributed by atoms with Gasteiger partial charge in [-0.05, 0) is 49.8 Å². The smallest absolute Gasteiger partial charge is 0.0623 e. The van der Waals surface area contributed by atoms with E-state index in [1.165, 1.54) is 30.4 Å². The van der Waals surface area contributed by atoms with Gasteiger partial charge in [0.2, 0.25) is 0 Å². The molecule has 1 aromatic carbocycles. The second kappa shape index (κ2) is 8.88. The summed E-state index contributed by atoms with van der Waals surface area (Å²) in [6.07, 6.45) is 5.13. The zero-order valence-corrected chi connectivity index (χ0v) is 14.3. The Morgan fingerprint density at radius 1 is 1.27 bits per heavy atom. The molecule has 1 aliphatic carbocycles. The number of halogens is 1. The second-order valence-electron chi connectivity index (χ2n) is 6.47. The van der Waals surface area contributed by atoms with Gasteiger partial charge in [0.15, 0.2) is 0 Å². The average Bonchev–Trinajstić information content (AvgIpc) is 2.99. The molecule has 4 heteroatoms. The molecule has 3 nitrogen and oxygen atoms in total. The van der Waals surface area contributed by atoms with Crippen LogP contribution in [0.15, 0.2) is 24.3 Å². The molecule has 1 heterocycles. The van der Waals surface area contributed by atoms with Gasteiger partial charge in [0.1, 0.15) is 0 Å². The predicted molar refractivity (Wildman–Crippen MR) is 93.9 cm³/mol. The van der Waals surface area contributed by atoms with E-state index in [0.29, 0.717) is 12.1 Å².